The first kappa shape index (κ1) is 20.6. The summed E-state index contributed by atoms with van der Waals surface area (Å²) in [6.07, 6.45) is 6.59. The Hall–Kier alpha value is -2.67. The highest BCUT2D eigenvalue weighted by molar-refractivity contribution is 7.20. The summed E-state index contributed by atoms with van der Waals surface area (Å²) >= 11 is 1.49. The van der Waals surface area contributed by atoms with E-state index in [1.165, 1.54) is 30.6 Å². The third-order valence-electron chi connectivity index (χ3n) is 5.99. The summed E-state index contributed by atoms with van der Waals surface area (Å²) in [6.45, 7) is 3.85. The lowest BCUT2D eigenvalue weighted by Crippen LogP contribution is -2.14. The standard InChI is InChI=1S/C23H27N3O3S/c1-3-18(23(28)29)15-9-11-16(12-10-15)24-21(27)20-13-19-14(2)25-26(22(19)30-20)17-7-5-4-6-8-17/h9-13,17-18H,3-8H2,1-2H3,(H,24,27)(H,28,29). The third kappa shape index (κ3) is 3.99. The van der Waals surface area contributed by atoms with Gasteiger partial charge in [-0.15, -0.1) is 11.3 Å². The number of nitrogens with zero attached hydrogens (tertiary/aromatic N) is 2. The van der Waals surface area contributed by atoms with Gasteiger partial charge in [-0.1, -0.05) is 38.3 Å². The summed E-state index contributed by atoms with van der Waals surface area (Å²) in [4.78, 5) is 25.9. The highest BCUT2D eigenvalue weighted by atomic mass is 32.1. The molecule has 0 spiro atoms. The molecule has 1 aliphatic rings. The first-order valence-electron chi connectivity index (χ1n) is 10.6. The zero-order chi connectivity index (χ0) is 21.3. The normalized spacial score (nSPS) is 15.9. The number of fused-ring (bicyclic) bond motifs is 1. The van der Waals surface area contributed by atoms with Crippen LogP contribution in [0.25, 0.3) is 10.2 Å². The molecule has 6 nitrogen and oxygen atoms in total. The Labute approximate surface area is 179 Å². The number of amides is 1. The number of benzene rings is 1. The molecule has 4 rings (SSSR count). The van der Waals surface area contributed by atoms with E-state index in [0.29, 0.717) is 23.0 Å². The van der Waals surface area contributed by atoms with E-state index in [2.05, 4.69) is 10.00 Å². The zero-order valence-corrected chi connectivity index (χ0v) is 18.2. The largest absolute Gasteiger partial charge is 0.481 e. The first-order chi connectivity index (χ1) is 14.5. The number of anilines is 1. The van der Waals surface area contributed by atoms with Crippen LogP contribution in [0.4, 0.5) is 5.69 Å². The Morgan fingerprint density at radius 1 is 1.23 bits per heavy atom. The molecule has 2 heterocycles. The molecule has 0 aliphatic heterocycles. The van der Waals surface area contributed by atoms with E-state index in [4.69, 9.17) is 5.10 Å². The number of carbonyl (C=O) groups is 2. The van der Waals surface area contributed by atoms with E-state index in [1.54, 1.807) is 24.3 Å². The Morgan fingerprint density at radius 2 is 1.93 bits per heavy atom. The lowest BCUT2D eigenvalue weighted by molar-refractivity contribution is -0.138. The maximum absolute atomic E-state index is 12.8. The van der Waals surface area contributed by atoms with Crippen LogP contribution in [0.2, 0.25) is 0 Å². The molecule has 1 amide bonds. The molecule has 1 unspecified atom stereocenters. The van der Waals surface area contributed by atoms with Crippen LogP contribution in [0.1, 0.15) is 78.3 Å². The molecule has 2 aromatic heterocycles. The van der Waals surface area contributed by atoms with E-state index in [9.17, 15) is 14.7 Å². The average molecular weight is 426 g/mol. The number of carbonyl (C=O) groups excluding carboxylic acids is 1. The van der Waals surface area contributed by atoms with Crippen molar-refractivity contribution in [3.05, 3.63) is 46.5 Å². The number of carboxylic acid groups (broad SMARTS) is 1. The van der Waals surface area contributed by atoms with Crippen molar-refractivity contribution in [1.29, 1.82) is 0 Å². The van der Waals surface area contributed by atoms with E-state index in [-0.39, 0.29) is 5.91 Å². The molecule has 1 atom stereocenters. The van der Waals surface area contributed by atoms with Gasteiger partial charge in [-0.25, -0.2) is 0 Å². The molecule has 0 saturated heterocycles. The molecular formula is C23H27N3O3S. The molecule has 3 aromatic rings. The average Bonchev–Trinajstić information content (AvgIpc) is 3.31. The van der Waals surface area contributed by atoms with Crippen molar-refractivity contribution < 1.29 is 14.7 Å². The van der Waals surface area contributed by atoms with Crippen LogP contribution in [0.15, 0.2) is 30.3 Å². The van der Waals surface area contributed by atoms with Gasteiger partial charge in [-0.05, 0) is 49.9 Å². The number of thiophene rings is 1. The van der Waals surface area contributed by atoms with Gasteiger partial charge in [0.15, 0.2) is 0 Å². The number of aryl methyl sites for hydroxylation is 1. The van der Waals surface area contributed by atoms with Crippen molar-refractivity contribution in [1.82, 2.24) is 9.78 Å². The van der Waals surface area contributed by atoms with Crippen LogP contribution in [0.5, 0.6) is 0 Å². The maximum Gasteiger partial charge on any atom is 0.310 e. The van der Waals surface area contributed by atoms with Crippen molar-refractivity contribution in [2.24, 2.45) is 0 Å². The van der Waals surface area contributed by atoms with Crippen molar-refractivity contribution >= 4 is 39.1 Å². The molecule has 1 fully saturated rings. The number of rotatable bonds is 6. The van der Waals surface area contributed by atoms with Crippen LogP contribution in [-0.2, 0) is 4.79 Å². The lowest BCUT2D eigenvalue weighted by atomic mass is 9.96. The topological polar surface area (TPSA) is 84.2 Å². The maximum atomic E-state index is 12.8. The molecule has 1 aliphatic carbocycles. The number of carboxylic acids is 1. The van der Waals surface area contributed by atoms with Crippen LogP contribution < -0.4 is 5.32 Å². The molecule has 0 radical (unpaired) electrons. The fraction of sp³-hybridized carbons (Fsp3) is 0.435. The van der Waals surface area contributed by atoms with Gasteiger partial charge in [-0.3, -0.25) is 14.3 Å². The molecule has 1 saturated carbocycles. The predicted molar refractivity (Wildman–Crippen MR) is 120 cm³/mol. The summed E-state index contributed by atoms with van der Waals surface area (Å²) in [5.74, 6) is -1.51. The number of aliphatic carboxylic acids is 1. The summed E-state index contributed by atoms with van der Waals surface area (Å²) < 4.78 is 2.14. The molecule has 30 heavy (non-hydrogen) atoms. The van der Waals surface area contributed by atoms with Crippen molar-refractivity contribution in [2.75, 3.05) is 5.32 Å². The lowest BCUT2D eigenvalue weighted by Gasteiger charge is -2.22. The molecular weight excluding hydrogens is 398 g/mol. The fourth-order valence-corrected chi connectivity index (χ4v) is 5.43. The van der Waals surface area contributed by atoms with Crippen LogP contribution in [0.3, 0.4) is 0 Å². The zero-order valence-electron chi connectivity index (χ0n) is 17.4. The van der Waals surface area contributed by atoms with E-state index >= 15 is 0 Å². The Bertz CT molecular complexity index is 1060. The second-order valence-electron chi connectivity index (χ2n) is 8.03. The summed E-state index contributed by atoms with van der Waals surface area (Å²) in [5.41, 5.74) is 2.37. The molecule has 158 valence electrons. The second kappa shape index (κ2) is 8.60. The van der Waals surface area contributed by atoms with Crippen LogP contribution in [-0.4, -0.2) is 26.8 Å². The minimum absolute atomic E-state index is 0.149. The second-order valence-corrected chi connectivity index (χ2v) is 9.06. The van der Waals surface area contributed by atoms with E-state index in [1.807, 2.05) is 19.9 Å². The number of hydrogen-bond acceptors (Lipinski definition) is 4. The number of aromatic nitrogens is 2. The molecule has 7 heteroatoms. The smallest absolute Gasteiger partial charge is 0.310 e. The van der Waals surface area contributed by atoms with Gasteiger partial charge in [0.25, 0.3) is 5.91 Å². The van der Waals surface area contributed by atoms with Gasteiger partial charge in [0.05, 0.1) is 22.5 Å². The first-order valence-corrected chi connectivity index (χ1v) is 11.4. The Kier molecular flexibility index (Phi) is 5.90. The predicted octanol–water partition coefficient (Wildman–Crippen LogP) is 5.74. The monoisotopic (exact) mass is 425 g/mol. The Morgan fingerprint density at radius 3 is 2.57 bits per heavy atom. The van der Waals surface area contributed by atoms with Crippen molar-refractivity contribution in [3.63, 3.8) is 0 Å². The van der Waals surface area contributed by atoms with Gasteiger partial charge < -0.3 is 10.4 Å². The molecule has 2 N–H and O–H groups in total. The Balaban J connectivity index is 1.53. The molecule has 1 aromatic carbocycles. The van der Waals surface area contributed by atoms with Gasteiger partial charge in [0.1, 0.15) is 4.83 Å². The highest BCUT2D eigenvalue weighted by Gasteiger charge is 2.23. The van der Waals surface area contributed by atoms with Crippen LogP contribution >= 0.6 is 11.3 Å². The van der Waals surface area contributed by atoms with E-state index in [0.717, 1.165) is 34.3 Å². The number of nitrogens with one attached hydrogen (secondary N) is 1. The fourth-order valence-electron chi connectivity index (χ4n) is 4.30. The molecule has 0 bridgehead atoms. The third-order valence-corrected chi connectivity index (χ3v) is 7.11. The van der Waals surface area contributed by atoms with Gasteiger partial charge >= 0.3 is 5.97 Å². The number of hydrogen-bond donors (Lipinski definition) is 2. The minimum atomic E-state index is -0.832. The van der Waals surface area contributed by atoms with Gasteiger partial charge in [0.2, 0.25) is 0 Å². The quantitative estimate of drug-likeness (QED) is 0.527. The SMILES string of the molecule is CCC(C(=O)O)c1ccc(NC(=O)c2cc3c(C)nn(C4CCCCC4)c3s2)cc1. The summed E-state index contributed by atoms with van der Waals surface area (Å²) in [6, 6.07) is 9.44. The van der Waals surface area contributed by atoms with Crippen molar-refractivity contribution in [3.8, 4) is 0 Å². The van der Waals surface area contributed by atoms with Gasteiger partial charge in [0, 0.05) is 11.1 Å². The van der Waals surface area contributed by atoms with Crippen LogP contribution in [0, 0.1) is 6.92 Å². The van der Waals surface area contributed by atoms with Crippen molar-refractivity contribution in [2.45, 2.75) is 64.3 Å². The summed E-state index contributed by atoms with van der Waals surface area (Å²) in [7, 11) is 0. The highest BCUT2D eigenvalue weighted by Crippen LogP contribution is 2.35. The summed E-state index contributed by atoms with van der Waals surface area (Å²) in [5, 5.41) is 18.0. The minimum Gasteiger partial charge on any atom is -0.481 e. The van der Waals surface area contributed by atoms with E-state index < -0.39 is 11.9 Å². The van der Waals surface area contributed by atoms with Gasteiger partial charge in [-0.2, -0.15) is 5.10 Å².